The molecule has 0 aliphatic rings. The van der Waals surface area contributed by atoms with Crippen LogP contribution in [0.15, 0.2) is 11.1 Å². The highest BCUT2D eigenvalue weighted by Crippen LogP contribution is 1.45. The molecular formula is C4H7N. The van der Waals surface area contributed by atoms with Gasteiger partial charge in [-0.2, -0.15) is 0 Å². The lowest BCUT2D eigenvalue weighted by Gasteiger charge is -1.50. The minimum Gasteiger partial charge on any atom is -0.247 e. The molecule has 0 aliphatic carbocycles. The maximum absolute atomic E-state index is 3.55. The number of nitrogens with zero attached hydrogens (tertiary/aromatic N) is 1. The minimum absolute atomic E-state index is 1.69. The normalized spacial score (nSPS) is 5.20. The van der Waals surface area contributed by atoms with E-state index < -0.39 is 0 Å². The van der Waals surface area contributed by atoms with Crippen LogP contribution in [0.1, 0.15) is 6.92 Å². The molecule has 0 aliphatic heterocycles. The van der Waals surface area contributed by atoms with E-state index in [0.717, 1.165) is 0 Å². The van der Waals surface area contributed by atoms with Gasteiger partial charge in [-0.15, -0.1) is 0 Å². The Bertz CT molecular complexity index is 52.0. The molecular weight excluding hydrogens is 62.1 g/mol. The molecule has 0 rings (SSSR count). The number of hydrogen-bond donors (Lipinski definition) is 0. The van der Waals surface area contributed by atoms with Crippen LogP contribution in [0.25, 0.3) is 0 Å². The van der Waals surface area contributed by atoms with Gasteiger partial charge in [0.15, 0.2) is 0 Å². The van der Waals surface area contributed by atoms with Crippen LogP contribution in [0.2, 0.25) is 0 Å². The van der Waals surface area contributed by atoms with Gasteiger partial charge in [0.1, 0.15) is 0 Å². The average molecular weight is 69.1 g/mol. The number of aliphatic imine (C=N–C) groups is 1. The fourth-order valence-corrected chi connectivity index (χ4v) is 0.129. The van der Waals surface area contributed by atoms with Crippen LogP contribution in [0, 0.1) is 0 Å². The molecule has 0 spiro atoms. The number of hydrogen-bond acceptors (Lipinski definition) is 1. The van der Waals surface area contributed by atoms with Gasteiger partial charge in [-0.05, 0) is 18.9 Å². The van der Waals surface area contributed by atoms with Crippen molar-refractivity contribution in [1.82, 2.24) is 0 Å². The molecule has 28 valence electrons. The van der Waals surface area contributed by atoms with Gasteiger partial charge in [0.2, 0.25) is 0 Å². The second kappa shape index (κ2) is 3.45. The fraction of sp³-hybridized carbons (Fsp3) is 0.500. The van der Waals surface area contributed by atoms with Gasteiger partial charge < -0.3 is 0 Å². The van der Waals surface area contributed by atoms with E-state index in [0.29, 0.717) is 0 Å². The number of allylic oxidation sites excluding steroid dienone is 1. The van der Waals surface area contributed by atoms with E-state index in [1.54, 1.807) is 13.1 Å². The Balaban J connectivity index is 3.26. The molecule has 0 heterocycles. The summed E-state index contributed by atoms with van der Waals surface area (Å²) in [6, 6.07) is 0. The fourth-order valence-electron chi connectivity index (χ4n) is 0.129. The molecule has 1 heteroatoms. The van der Waals surface area contributed by atoms with E-state index >= 15 is 0 Å². The summed E-state index contributed by atoms with van der Waals surface area (Å²) in [6.45, 7) is 1.88. The summed E-state index contributed by atoms with van der Waals surface area (Å²) < 4.78 is 0. The molecule has 0 unspecified atom stereocenters. The summed E-state index contributed by atoms with van der Waals surface area (Å²) in [4.78, 5) is 3.55. The molecule has 0 bridgehead atoms. The predicted molar refractivity (Wildman–Crippen MR) is 23.6 cm³/mol. The highest BCUT2D eigenvalue weighted by atomic mass is 14.6. The second-order valence-corrected chi connectivity index (χ2v) is 0.641. The van der Waals surface area contributed by atoms with Crippen LogP contribution in [0.4, 0.5) is 0 Å². The molecule has 0 aromatic rings. The van der Waals surface area contributed by atoms with Gasteiger partial charge in [-0.3, -0.25) is 0 Å². The first kappa shape index (κ1) is 4.45. The van der Waals surface area contributed by atoms with Crippen molar-refractivity contribution >= 4 is 5.87 Å². The summed E-state index contributed by atoms with van der Waals surface area (Å²) in [7, 11) is 1.69. The standard InChI is InChI=1S/C4H7N/c1-3-4-5-2/h3H,1-2H3. The largest absolute Gasteiger partial charge is 0.247 e. The van der Waals surface area contributed by atoms with E-state index in [1.165, 1.54) is 0 Å². The molecule has 0 atom stereocenters. The van der Waals surface area contributed by atoms with Crippen molar-refractivity contribution in [2.75, 3.05) is 7.05 Å². The summed E-state index contributed by atoms with van der Waals surface area (Å²) in [5.41, 5.74) is 0. The van der Waals surface area contributed by atoms with Gasteiger partial charge in [-0.1, -0.05) is 0 Å². The molecule has 0 saturated carbocycles. The van der Waals surface area contributed by atoms with Crippen molar-refractivity contribution in [2.45, 2.75) is 6.92 Å². The Kier molecular flexibility index (Phi) is 3.07. The van der Waals surface area contributed by atoms with Gasteiger partial charge in [0, 0.05) is 7.05 Å². The van der Waals surface area contributed by atoms with Gasteiger partial charge in [0.25, 0.3) is 0 Å². The van der Waals surface area contributed by atoms with Crippen molar-refractivity contribution in [3.63, 3.8) is 0 Å². The molecule has 0 aromatic carbocycles. The smallest absolute Gasteiger partial charge is 0.0372 e. The van der Waals surface area contributed by atoms with E-state index in [4.69, 9.17) is 0 Å². The second-order valence-electron chi connectivity index (χ2n) is 0.641. The third-order valence-electron chi connectivity index (χ3n) is 0.258. The Labute approximate surface area is 32.0 Å². The van der Waals surface area contributed by atoms with E-state index in [2.05, 4.69) is 10.9 Å². The van der Waals surface area contributed by atoms with Crippen molar-refractivity contribution in [1.29, 1.82) is 0 Å². The monoisotopic (exact) mass is 69.1 g/mol. The van der Waals surface area contributed by atoms with E-state index in [1.807, 2.05) is 6.92 Å². The lowest BCUT2D eigenvalue weighted by atomic mass is 10.7. The van der Waals surface area contributed by atoms with Gasteiger partial charge in [-0.25, -0.2) is 4.99 Å². The van der Waals surface area contributed by atoms with Crippen LogP contribution in [-0.4, -0.2) is 12.9 Å². The van der Waals surface area contributed by atoms with E-state index in [-0.39, 0.29) is 0 Å². The molecule has 0 amide bonds. The van der Waals surface area contributed by atoms with Crippen LogP contribution in [-0.2, 0) is 0 Å². The first-order valence-corrected chi connectivity index (χ1v) is 1.54. The first-order chi connectivity index (χ1) is 2.41. The molecule has 0 N–H and O–H groups in total. The van der Waals surface area contributed by atoms with Crippen molar-refractivity contribution in [2.24, 2.45) is 4.99 Å². The average Bonchev–Trinajstić information content (AvgIpc) is 1.41. The third kappa shape index (κ3) is 3.45. The topological polar surface area (TPSA) is 12.4 Å². The molecule has 0 fully saturated rings. The molecule has 0 saturated heterocycles. The lowest BCUT2D eigenvalue weighted by molar-refractivity contribution is 1.48. The maximum atomic E-state index is 3.55. The molecule has 0 radical (unpaired) electrons. The summed E-state index contributed by atoms with van der Waals surface area (Å²) in [5.74, 6) is 2.61. The minimum atomic E-state index is 1.69. The zero-order chi connectivity index (χ0) is 4.12. The van der Waals surface area contributed by atoms with Crippen LogP contribution in [0.5, 0.6) is 0 Å². The zero-order valence-corrected chi connectivity index (χ0v) is 3.52. The number of rotatable bonds is 0. The zero-order valence-electron chi connectivity index (χ0n) is 3.52. The van der Waals surface area contributed by atoms with Crippen LogP contribution in [0.3, 0.4) is 0 Å². The summed E-state index contributed by atoms with van der Waals surface area (Å²) in [6.07, 6.45) is 1.76. The Hall–Kier alpha value is -0.550. The molecule has 1 nitrogen and oxygen atoms in total. The Morgan fingerprint density at radius 3 is 2.40 bits per heavy atom. The predicted octanol–water partition coefficient (Wildman–Crippen LogP) is 0.862. The van der Waals surface area contributed by atoms with E-state index in [9.17, 15) is 0 Å². The quantitative estimate of drug-likeness (QED) is 0.374. The van der Waals surface area contributed by atoms with Crippen molar-refractivity contribution in [3.8, 4) is 0 Å². The van der Waals surface area contributed by atoms with Gasteiger partial charge in [0.05, 0.1) is 0 Å². The first-order valence-electron chi connectivity index (χ1n) is 1.54. The highest BCUT2D eigenvalue weighted by Gasteiger charge is 1.35. The van der Waals surface area contributed by atoms with Crippen molar-refractivity contribution < 1.29 is 0 Å². The molecule has 0 aromatic heterocycles. The lowest BCUT2D eigenvalue weighted by Crippen LogP contribution is -1.43. The van der Waals surface area contributed by atoms with Gasteiger partial charge >= 0.3 is 0 Å². The third-order valence-corrected chi connectivity index (χ3v) is 0.258. The summed E-state index contributed by atoms with van der Waals surface area (Å²) >= 11 is 0. The highest BCUT2D eigenvalue weighted by molar-refractivity contribution is 5.50. The Morgan fingerprint density at radius 2 is 2.40 bits per heavy atom. The maximum Gasteiger partial charge on any atom is 0.0372 e. The van der Waals surface area contributed by atoms with Crippen molar-refractivity contribution in [3.05, 3.63) is 6.08 Å². The Morgan fingerprint density at radius 1 is 1.80 bits per heavy atom. The van der Waals surface area contributed by atoms with Crippen LogP contribution < -0.4 is 0 Å². The SMILES string of the molecule is CC=C=NC. The van der Waals surface area contributed by atoms with Crippen LogP contribution >= 0.6 is 0 Å². The summed E-state index contributed by atoms with van der Waals surface area (Å²) in [5, 5.41) is 0. The molecule has 5 heavy (non-hydrogen) atoms.